The molecular formula is C22H30N4O3S. The predicted molar refractivity (Wildman–Crippen MR) is 119 cm³/mol. The Kier molecular flexibility index (Phi) is 6.67. The van der Waals surface area contributed by atoms with Crippen LogP contribution in [0, 0.1) is 6.92 Å². The van der Waals surface area contributed by atoms with Crippen molar-refractivity contribution in [1.82, 2.24) is 15.4 Å². The maximum absolute atomic E-state index is 12.4. The molecule has 3 rings (SSSR count). The molecule has 0 amide bonds. The number of aryl methyl sites for hydroxylation is 1. The SMILES string of the molecule is CN=C(NCCNS(=O)(=O)c1ccc(C)cc1)NC1CC(C)(C)Oc2ccccc21. The fourth-order valence-electron chi connectivity index (χ4n) is 3.46. The van der Waals surface area contributed by atoms with E-state index in [0.717, 1.165) is 23.3 Å². The summed E-state index contributed by atoms with van der Waals surface area (Å²) in [5, 5.41) is 6.61. The highest BCUT2D eigenvalue weighted by molar-refractivity contribution is 7.89. The second kappa shape index (κ2) is 9.06. The molecule has 2 aromatic carbocycles. The van der Waals surface area contributed by atoms with E-state index in [4.69, 9.17) is 4.74 Å². The van der Waals surface area contributed by atoms with E-state index in [1.165, 1.54) is 0 Å². The van der Waals surface area contributed by atoms with E-state index >= 15 is 0 Å². The van der Waals surface area contributed by atoms with E-state index in [2.05, 4.69) is 34.2 Å². The van der Waals surface area contributed by atoms with E-state index < -0.39 is 10.0 Å². The van der Waals surface area contributed by atoms with Gasteiger partial charge in [0.1, 0.15) is 11.4 Å². The van der Waals surface area contributed by atoms with Crippen LogP contribution in [0.5, 0.6) is 5.75 Å². The van der Waals surface area contributed by atoms with Crippen LogP contribution in [0.3, 0.4) is 0 Å². The number of hydrogen-bond acceptors (Lipinski definition) is 4. The van der Waals surface area contributed by atoms with Gasteiger partial charge in [0.25, 0.3) is 0 Å². The molecule has 0 bridgehead atoms. The van der Waals surface area contributed by atoms with Crippen molar-refractivity contribution in [3.05, 3.63) is 59.7 Å². The van der Waals surface area contributed by atoms with Gasteiger partial charge < -0.3 is 15.4 Å². The van der Waals surface area contributed by atoms with Crippen LogP contribution in [0.1, 0.15) is 37.4 Å². The zero-order valence-electron chi connectivity index (χ0n) is 17.9. The molecule has 0 spiro atoms. The Hall–Kier alpha value is -2.58. The molecule has 1 atom stereocenters. The summed E-state index contributed by atoms with van der Waals surface area (Å²) in [5.74, 6) is 1.48. The molecule has 0 radical (unpaired) electrons. The van der Waals surface area contributed by atoms with Crippen LogP contribution in [0.25, 0.3) is 0 Å². The molecule has 1 aliphatic heterocycles. The number of para-hydroxylation sites is 1. The van der Waals surface area contributed by atoms with Crippen molar-refractivity contribution in [2.45, 2.75) is 43.7 Å². The first-order chi connectivity index (χ1) is 14.2. The second-order valence-corrected chi connectivity index (χ2v) is 9.78. The number of rotatable bonds is 6. The number of nitrogens with zero attached hydrogens (tertiary/aromatic N) is 1. The van der Waals surface area contributed by atoms with Gasteiger partial charge in [-0.15, -0.1) is 0 Å². The molecule has 162 valence electrons. The Balaban J connectivity index is 1.56. The Morgan fingerprint density at radius 2 is 1.83 bits per heavy atom. The molecule has 8 heteroatoms. The lowest BCUT2D eigenvalue weighted by Crippen LogP contribution is -2.46. The van der Waals surface area contributed by atoms with Crippen LogP contribution in [-0.2, 0) is 10.0 Å². The maximum atomic E-state index is 12.4. The third-order valence-corrected chi connectivity index (χ3v) is 6.43. The molecule has 1 aliphatic rings. The Morgan fingerprint density at radius 3 is 2.53 bits per heavy atom. The lowest BCUT2D eigenvalue weighted by Gasteiger charge is -2.38. The molecule has 0 saturated heterocycles. The molecule has 0 aromatic heterocycles. The van der Waals surface area contributed by atoms with Gasteiger partial charge in [-0.3, -0.25) is 4.99 Å². The highest BCUT2D eigenvalue weighted by Gasteiger charge is 2.33. The van der Waals surface area contributed by atoms with Crippen molar-refractivity contribution in [2.24, 2.45) is 4.99 Å². The normalized spacial score (nSPS) is 18.3. The van der Waals surface area contributed by atoms with Gasteiger partial charge in [-0.05, 0) is 39.0 Å². The molecule has 7 nitrogen and oxygen atoms in total. The molecule has 0 fully saturated rings. The molecule has 30 heavy (non-hydrogen) atoms. The van der Waals surface area contributed by atoms with Gasteiger partial charge in [0.2, 0.25) is 10.0 Å². The Labute approximate surface area is 179 Å². The molecule has 0 aliphatic carbocycles. The number of nitrogens with one attached hydrogen (secondary N) is 3. The number of aliphatic imine (C=N–C) groups is 1. The summed E-state index contributed by atoms with van der Waals surface area (Å²) in [6, 6.07) is 14.8. The number of ether oxygens (including phenoxy) is 1. The van der Waals surface area contributed by atoms with Crippen LogP contribution in [0.4, 0.5) is 0 Å². The smallest absolute Gasteiger partial charge is 0.240 e. The van der Waals surface area contributed by atoms with E-state index in [-0.39, 0.29) is 23.1 Å². The maximum Gasteiger partial charge on any atom is 0.240 e. The third-order valence-electron chi connectivity index (χ3n) is 4.95. The van der Waals surface area contributed by atoms with Gasteiger partial charge in [0, 0.05) is 32.1 Å². The van der Waals surface area contributed by atoms with Crippen molar-refractivity contribution in [1.29, 1.82) is 0 Å². The van der Waals surface area contributed by atoms with Crippen LogP contribution in [0.2, 0.25) is 0 Å². The van der Waals surface area contributed by atoms with Crippen molar-refractivity contribution in [2.75, 3.05) is 20.1 Å². The predicted octanol–water partition coefficient (Wildman–Crippen LogP) is 2.74. The number of guanidine groups is 1. The summed E-state index contributed by atoms with van der Waals surface area (Å²) < 4.78 is 33.5. The van der Waals surface area contributed by atoms with Gasteiger partial charge in [-0.2, -0.15) is 0 Å². The first kappa shape index (κ1) is 22.1. The van der Waals surface area contributed by atoms with Gasteiger partial charge in [-0.25, -0.2) is 13.1 Å². The van der Waals surface area contributed by atoms with Crippen molar-refractivity contribution < 1.29 is 13.2 Å². The first-order valence-electron chi connectivity index (χ1n) is 10.0. The number of benzene rings is 2. The Morgan fingerprint density at radius 1 is 1.13 bits per heavy atom. The van der Waals surface area contributed by atoms with Gasteiger partial charge >= 0.3 is 0 Å². The highest BCUT2D eigenvalue weighted by Crippen LogP contribution is 2.39. The minimum absolute atomic E-state index is 0.0420. The van der Waals surface area contributed by atoms with E-state index in [1.54, 1.807) is 31.3 Å². The minimum Gasteiger partial charge on any atom is -0.487 e. The molecule has 0 saturated carbocycles. The summed E-state index contributed by atoms with van der Waals surface area (Å²) in [4.78, 5) is 4.54. The van der Waals surface area contributed by atoms with Crippen LogP contribution >= 0.6 is 0 Å². The number of fused-ring (bicyclic) bond motifs is 1. The molecule has 1 heterocycles. The lowest BCUT2D eigenvalue weighted by molar-refractivity contribution is 0.0694. The van der Waals surface area contributed by atoms with E-state index in [9.17, 15) is 8.42 Å². The van der Waals surface area contributed by atoms with Crippen LogP contribution in [0.15, 0.2) is 58.4 Å². The van der Waals surface area contributed by atoms with Gasteiger partial charge in [0.05, 0.1) is 10.9 Å². The average molecular weight is 431 g/mol. The van der Waals surface area contributed by atoms with Crippen molar-refractivity contribution in [3.63, 3.8) is 0 Å². The Bertz CT molecular complexity index is 1000. The number of sulfonamides is 1. The van der Waals surface area contributed by atoms with Gasteiger partial charge in [0.15, 0.2) is 5.96 Å². The zero-order chi connectivity index (χ0) is 21.8. The lowest BCUT2D eigenvalue weighted by atomic mass is 9.90. The molecular weight excluding hydrogens is 400 g/mol. The van der Waals surface area contributed by atoms with E-state index in [1.807, 2.05) is 31.2 Å². The fraction of sp³-hybridized carbons (Fsp3) is 0.409. The summed E-state index contributed by atoms with van der Waals surface area (Å²) in [6.07, 6.45) is 0.783. The molecule has 1 unspecified atom stereocenters. The van der Waals surface area contributed by atoms with Crippen LogP contribution in [-0.4, -0.2) is 40.1 Å². The first-order valence-corrected chi connectivity index (χ1v) is 11.5. The average Bonchev–Trinajstić information content (AvgIpc) is 2.69. The van der Waals surface area contributed by atoms with E-state index in [0.29, 0.717) is 12.5 Å². The minimum atomic E-state index is -3.53. The van der Waals surface area contributed by atoms with Crippen molar-refractivity contribution in [3.8, 4) is 5.75 Å². The largest absolute Gasteiger partial charge is 0.487 e. The fourth-order valence-corrected chi connectivity index (χ4v) is 4.49. The summed E-state index contributed by atoms with van der Waals surface area (Å²) in [6.45, 7) is 6.69. The summed E-state index contributed by atoms with van der Waals surface area (Å²) >= 11 is 0. The van der Waals surface area contributed by atoms with Crippen LogP contribution < -0.4 is 20.1 Å². The third kappa shape index (κ3) is 5.52. The highest BCUT2D eigenvalue weighted by atomic mass is 32.2. The number of hydrogen-bond donors (Lipinski definition) is 3. The zero-order valence-corrected chi connectivity index (χ0v) is 18.7. The molecule has 3 N–H and O–H groups in total. The second-order valence-electron chi connectivity index (χ2n) is 8.01. The topological polar surface area (TPSA) is 91.8 Å². The van der Waals surface area contributed by atoms with Crippen molar-refractivity contribution >= 4 is 16.0 Å². The summed E-state index contributed by atoms with van der Waals surface area (Å²) in [5.41, 5.74) is 1.80. The van der Waals surface area contributed by atoms with Gasteiger partial charge in [-0.1, -0.05) is 35.9 Å². The quantitative estimate of drug-likeness (QED) is 0.372. The molecule has 2 aromatic rings. The standard InChI is InChI=1S/C22H30N4O3S/c1-16-9-11-17(12-10-16)30(27,28)25-14-13-24-21(23-4)26-19-15-22(2,3)29-20-8-6-5-7-18(19)20/h5-12,19,25H,13-15H2,1-4H3,(H2,23,24,26). The monoisotopic (exact) mass is 430 g/mol. The summed E-state index contributed by atoms with van der Waals surface area (Å²) in [7, 11) is -1.83.